The minimum atomic E-state index is -4.50. The molecule has 0 atom stereocenters. The number of para-hydroxylation sites is 1. The van der Waals surface area contributed by atoms with Gasteiger partial charge in [0.25, 0.3) is 0 Å². The molecular weight excluding hydrogens is 441 g/mol. The molecule has 0 aliphatic rings. The van der Waals surface area contributed by atoms with Crippen LogP contribution in [0.15, 0.2) is 65.6 Å². The number of aryl methyl sites for hydroxylation is 2. The van der Waals surface area contributed by atoms with Crippen molar-refractivity contribution in [1.82, 2.24) is 9.55 Å². The Hall–Kier alpha value is -3.33. The molecule has 166 valence electrons. The predicted octanol–water partition coefficient (Wildman–Crippen LogP) is 5.86. The molecule has 0 saturated carbocycles. The van der Waals surface area contributed by atoms with Crippen LogP contribution in [0.1, 0.15) is 17.0 Å². The Morgan fingerprint density at radius 3 is 2.19 bits per heavy atom. The lowest BCUT2D eigenvalue weighted by molar-refractivity contribution is -0.136. The molecule has 3 aromatic carbocycles. The largest absolute Gasteiger partial charge is 0.457 e. The summed E-state index contributed by atoms with van der Waals surface area (Å²) in [5.41, 5.74) is 0.958. The maximum absolute atomic E-state index is 13.4. The van der Waals surface area contributed by atoms with Crippen LogP contribution in [-0.4, -0.2) is 24.2 Å². The minimum Gasteiger partial charge on any atom is -0.457 e. The number of hydrogen-bond donors (Lipinski definition) is 0. The summed E-state index contributed by atoms with van der Waals surface area (Å²) < 4.78 is 70.8. The Labute approximate surface area is 183 Å². The van der Waals surface area contributed by atoms with Gasteiger partial charge in [-0.15, -0.1) is 0 Å². The quantitative estimate of drug-likeness (QED) is 0.383. The van der Waals surface area contributed by atoms with Crippen molar-refractivity contribution in [3.63, 3.8) is 0 Å². The van der Waals surface area contributed by atoms with Gasteiger partial charge in [-0.2, -0.15) is 13.2 Å². The van der Waals surface area contributed by atoms with Crippen LogP contribution in [0.4, 0.5) is 13.2 Å². The Bertz CT molecular complexity index is 1420. The molecule has 1 heterocycles. The van der Waals surface area contributed by atoms with Gasteiger partial charge in [-0.3, -0.25) is 4.57 Å². The molecule has 0 saturated heterocycles. The van der Waals surface area contributed by atoms with E-state index in [0.717, 1.165) is 17.9 Å². The average molecular weight is 460 g/mol. The maximum Gasteiger partial charge on any atom is 0.418 e. The summed E-state index contributed by atoms with van der Waals surface area (Å²) in [4.78, 5) is 4.37. The van der Waals surface area contributed by atoms with Gasteiger partial charge in [-0.1, -0.05) is 6.07 Å². The number of benzene rings is 3. The van der Waals surface area contributed by atoms with Crippen molar-refractivity contribution in [2.75, 3.05) is 6.26 Å². The molecule has 0 radical (unpaired) electrons. The smallest absolute Gasteiger partial charge is 0.418 e. The summed E-state index contributed by atoms with van der Waals surface area (Å²) >= 11 is 0. The van der Waals surface area contributed by atoms with Gasteiger partial charge >= 0.3 is 6.18 Å². The lowest BCUT2D eigenvalue weighted by Gasteiger charge is -2.13. The molecule has 1 aromatic heterocycles. The molecule has 0 fully saturated rings. The number of ether oxygens (including phenoxy) is 1. The predicted molar refractivity (Wildman–Crippen MR) is 115 cm³/mol. The Kier molecular flexibility index (Phi) is 5.24. The number of nitrogens with zero attached hydrogens (tertiary/aromatic N) is 2. The normalized spacial score (nSPS) is 12.3. The van der Waals surface area contributed by atoms with E-state index in [9.17, 15) is 21.6 Å². The highest BCUT2D eigenvalue weighted by Crippen LogP contribution is 2.36. The van der Waals surface area contributed by atoms with Crippen LogP contribution in [0.3, 0.4) is 0 Å². The lowest BCUT2D eigenvalue weighted by Crippen LogP contribution is -2.05. The van der Waals surface area contributed by atoms with E-state index >= 15 is 0 Å². The minimum absolute atomic E-state index is 0.0943. The number of fused-ring (bicyclic) bond motifs is 1. The zero-order chi connectivity index (χ0) is 23.3. The monoisotopic (exact) mass is 460 g/mol. The van der Waals surface area contributed by atoms with Gasteiger partial charge < -0.3 is 4.74 Å². The SMILES string of the molecule is Cc1cc(Oc2ccc(S(C)(=O)=O)cc2)ccc1-n1c(C)nc2c(C(F)(F)F)cccc21. The summed E-state index contributed by atoms with van der Waals surface area (Å²) in [7, 11) is -3.30. The first-order chi connectivity index (χ1) is 14.9. The third kappa shape index (κ3) is 4.08. The highest BCUT2D eigenvalue weighted by molar-refractivity contribution is 7.90. The van der Waals surface area contributed by atoms with Gasteiger partial charge in [-0.25, -0.2) is 13.4 Å². The van der Waals surface area contributed by atoms with Crippen LogP contribution in [0.2, 0.25) is 0 Å². The van der Waals surface area contributed by atoms with E-state index in [1.54, 1.807) is 47.9 Å². The van der Waals surface area contributed by atoms with Crippen LogP contribution < -0.4 is 4.74 Å². The Morgan fingerprint density at radius 1 is 0.938 bits per heavy atom. The second-order valence-electron chi connectivity index (χ2n) is 7.46. The van der Waals surface area contributed by atoms with Crippen molar-refractivity contribution in [3.8, 4) is 17.2 Å². The van der Waals surface area contributed by atoms with E-state index in [4.69, 9.17) is 4.74 Å². The fourth-order valence-corrected chi connectivity index (χ4v) is 4.21. The van der Waals surface area contributed by atoms with Crippen molar-refractivity contribution in [1.29, 1.82) is 0 Å². The summed E-state index contributed by atoms with van der Waals surface area (Å²) in [5.74, 6) is 1.41. The standard InChI is InChI=1S/C23H19F3N2O3S/c1-14-13-17(31-16-7-10-18(11-8-16)32(3,29)30)9-12-20(14)28-15(2)27-22-19(23(24,25)26)5-4-6-21(22)28/h4-13H,1-3H3. The van der Waals surface area contributed by atoms with Crippen LogP contribution in [-0.2, 0) is 16.0 Å². The number of halogens is 3. The molecular formula is C23H19F3N2O3S. The summed E-state index contributed by atoms with van der Waals surface area (Å²) in [5, 5.41) is 0. The number of aromatic nitrogens is 2. The van der Waals surface area contributed by atoms with Crippen molar-refractivity contribution in [2.24, 2.45) is 0 Å². The number of alkyl halides is 3. The van der Waals surface area contributed by atoms with E-state index in [1.807, 2.05) is 6.92 Å². The van der Waals surface area contributed by atoms with Crippen molar-refractivity contribution in [3.05, 3.63) is 77.6 Å². The van der Waals surface area contributed by atoms with Crippen molar-refractivity contribution < 1.29 is 26.3 Å². The van der Waals surface area contributed by atoms with E-state index in [2.05, 4.69) is 4.98 Å². The van der Waals surface area contributed by atoms with Gasteiger partial charge in [0, 0.05) is 6.26 Å². The van der Waals surface area contributed by atoms with Gasteiger partial charge in [0.15, 0.2) is 9.84 Å². The highest BCUT2D eigenvalue weighted by atomic mass is 32.2. The molecule has 0 aliphatic heterocycles. The van der Waals surface area contributed by atoms with Gasteiger partial charge in [0.1, 0.15) is 22.8 Å². The summed E-state index contributed by atoms with van der Waals surface area (Å²) in [6.07, 6.45) is -3.37. The second kappa shape index (κ2) is 7.67. The first-order valence-corrected chi connectivity index (χ1v) is 11.5. The van der Waals surface area contributed by atoms with E-state index in [-0.39, 0.29) is 10.4 Å². The van der Waals surface area contributed by atoms with Crippen molar-refractivity contribution >= 4 is 20.9 Å². The molecule has 0 N–H and O–H groups in total. The fraction of sp³-hybridized carbons (Fsp3) is 0.174. The molecule has 0 amide bonds. The molecule has 32 heavy (non-hydrogen) atoms. The molecule has 0 bridgehead atoms. The molecule has 0 aliphatic carbocycles. The van der Waals surface area contributed by atoms with Gasteiger partial charge in [0.05, 0.1) is 21.7 Å². The topological polar surface area (TPSA) is 61.2 Å². The van der Waals surface area contributed by atoms with Gasteiger partial charge in [-0.05, 0) is 74.0 Å². The molecule has 4 aromatic rings. The molecule has 5 nitrogen and oxygen atoms in total. The first-order valence-electron chi connectivity index (χ1n) is 9.59. The third-order valence-electron chi connectivity index (χ3n) is 5.05. The van der Waals surface area contributed by atoms with E-state index in [1.165, 1.54) is 18.2 Å². The fourth-order valence-electron chi connectivity index (χ4n) is 3.58. The number of sulfone groups is 1. The third-order valence-corrected chi connectivity index (χ3v) is 6.18. The van der Waals surface area contributed by atoms with Crippen LogP contribution in [0, 0.1) is 13.8 Å². The van der Waals surface area contributed by atoms with E-state index < -0.39 is 21.6 Å². The van der Waals surface area contributed by atoms with Crippen LogP contribution in [0.25, 0.3) is 16.7 Å². The highest BCUT2D eigenvalue weighted by Gasteiger charge is 2.34. The Morgan fingerprint density at radius 2 is 1.59 bits per heavy atom. The summed E-state index contributed by atoms with van der Waals surface area (Å²) in [6, 6.07) is 15.3. The van der Waals surface area contributed by atoms with Crippen LogP contribution in [0.5, 0.6) is 11.5 Å². The Balaban J connectivity index is 1.70. The number of imidazole rings is 1. The van der Waals surface area contributed by atoms with Crippen molar-refractivity contribution in [2.45, 2.75) is 24.9 Å². The average Bonchev–Trinajstić information content (AvgIpc) is 3.03. The molecule has 0 spiro atoms. The van der Waals surface area contributed by atoms with Crippen LogP contribution >= 0.6 is 0 Å². The second-order valence-corrected chi connectivity index (χ2v) is 9.48. The number of hydrogen-bond acceptors (Lipinski definition) is 4. The number of rotatable bonds is 4. The zero-order valence-corrected chi connectivity index (χ0v) is 18.3. The zero-order valence-electron chi connectivity index (χ0n) is 17.4. The molecule has 0 unspecified atom stereocenters. The maximum atomic E-state index is 13.4. The summed E-state index contributed by atoms with van der Waals surface area (Å²) in [6.45, 7) is 3.49. The first kappa shape index (κ1) is 21.9. The lowest BCUT2D eigenvalue weighted by atomic mass is 10.1. The van der Waals surface area contributed by atoms with E-state index in [0.29, 0.717) is 28.5 Å². The molecule has 9 heteroatoms. The van der Waals surface area contributed by atoms with Gasteiger partial charge in [0.2, 0.25) is 0 Å². The molecule has 4 rings (SSSR count).